The molecule has 0 saturated heterocycles. The number of carbonyl (C=O) groups is 1. The highest BCUT2D eigenvalue weighted by Gasteiger charge is 2.40. The third kappa shape index (κ3) is 4.96. The van der Waals surface area contributed by atoms with Gasteiger partial charge in [0, 0.05) is 32.7 Å². The van der Waals surface area contributed by atoms with Gasteiger partial charge >= 0.3 is 0 Å². The van der Waals surface area contributed by atoms with Crippen molar-refractivity contribution in [2.75, 3.05) is 13.7 Å². The first-order valence-electron chi connectivity index (χ1n) is 9.32. The molecule has 0 fully saturated rings. The molecule has 0 radical (unpaired) electrons. The van der Waals surface area contributed by atoms with E-state index >= 15 is 0 Å². The standard InChI is InChI=1S/C20H26N2O7S/c1-4-5-18(24)21-30(27,28)20(2,26)22-11-10-16(12-19(22)25)14-6-8-15(9-7-14)17(13-23)29-3/h6-12,17,23,26H,4-5,13H2,1-3H3,(H,21,24). The second-order valence-corrected chi connectivity index (χ2v) is 8.85. The first-order chi connectivity index (χ1) is 14.1. The molecular formula is C20H26N2O7S. The molecule has 2 unspecified atom stereocenters. The minimum Gasteiger partial charge on any atom is -0.393 e. The highest BCUT2D eigenvalue weighted by atomic mass is 32.2. The fourth-order valence-electron chi connectivity index (χ4n) is 2.86. The molecule has 3 N–H and O–H groups in total. The molecule has 1 heterocycles. The summed E-state index contributed by atoms with van der Waals surface area (Å²) in [6.07, 6.45) is 1.09. The highest BCUT2D eigenvalue weighted by molar-refractivity contribution is 7.90. The lowest BCUT2D eigenvalue weighted by Gasteiger charge is -2.26. The third-order valence-corrected chi connectivity index (χ3v) is 6.38. The number of ether oxygens (including phenoxy) is 1. The van der Waals surface area contributed by atoms with Crippen LogP contribution in [0.5, 0.6) is 0 Å². The lowest BCUT2D eigenvalue weighted by Crippen LogP contribution is -2.51. The van der Waals surface area contributed by atoms with E-state index in [1.165, 1.54) is 19.2 Å². The first kappa shape index (κ1) is 23.7. The Morgan fingerprint density at radius 1 is 1.23 bits per heavy atom. The number of nitrogens with one attached hydrogen (secondary N) is 1. The molecule has 0 aliphatic heterocycles. The maximum Gasteiger partial charge on any atom is 0.285 e. The van der Waals surface area contributed by atoms with Crippen molar-refractivity contribution in [2.45, 2.75) is 37.9 Å². The van der Waals surface area contributed by atoms with Crippen LogP contribution in [0.4, 0.5) is 0 Å². The summed E-state index contributed by atoms with van der Waals surface area (Å²) in [7, 11) is -3.09. The number of aliphatic hydroxyl groups excluding tert-OH is 1. The second-order valence-electron chi connectivity index (χ2n) is 6.87. The third-order valence-electron chi connectivity index (χ3n) is 4.67. The second kappa shape index (κ2) is 9.52. The van der Waals surface area contributed by atoms with Gasteiger partial charge in [0.15, 0.2) is 0 Å². The van der Waals surface area contributed by atoms with Crippen molar-refractivity contribution in [3.8, 4) is 11.1 Å². The van der Waals surface area contributed by atoms with Crippen molar-refractivity contribution in [1.29, 1.82) is 0 Å². The van der Waals surface area contributed by atoms with Crippen molar-refractivity contribution in [1.82, 2.24) is 9.29 Å². The summed E-state index contributed by atoms with van der Waals surface area (Å²) in [4.78, 5) is 24.2. The molecule has 1 aromatic carbocycles. The number of aromatic nitrogens is 1. The molecule has 0 saturated carbocycles. The van der Waals surface area contributed by atoms with Gasteiger partial charge in [-0.15, -0.1) is 0 Å². The van der Waals surface area contributed by atoms with Crippen LogP contribution in [0.2, 0.25) is 0 Å². The van der Waals surface area contributed by atoms with Crippen LogP contribution in [0.25, 0.3) is 11.1 Å². The molecule has 2 aromatic rings. The van der Waals surface area contributed by atoms with Crippen LogP contribution in [0, 0.1) is 0 Å². The average Bonchev–Trinajstić information content (AvgIpc) is 2.68. The van der Waals surface area contributed by atoms with Crippen LogP contribution < -0.4 is 10.3 Å². The molecule has 10 heteroatoms. The van der Waals surface area contributed by atoms with Gasteiger partial charge in [0.2, 0.25) is 5.91 Å². The number of methoxy groups -OCH3 is 1. The zero-order valence-corrected chi connectivity index (χ0v) is 17.8. The lowest BCUT2D eigenvalue weighted by molar-refractivity contribution is -0.119. The maximum atomic E-state index is 12.6. The van der Waals surface area contributed by atoms with E-state index in [0.717, 1.165) is 18.7 Å². The Morgan fingerprint density at radius 3 is 2.37 bits per heavy atom. The zero-order valence-electron chi connectivity index (χ0n) is 17.0. The summed E-state index contributed by atoms with van der Waals surface area (Å²) in [5, 5.41) is 17.2. The number of hydrogen-bond donors (Lipinski definition) is 3. The van der Waals surface area contributed by atoms with Gasteiger partial charge in [0.1, 0.15) is 6.10 Å². The van der Waals surface area contributed by atoms with Crippen LogP contribution in [-0.4, -0.2) is 42.8 Å². The molecule has 2 atom stereocenters. The van der Waals surface area contributed by atoms with Gasteiger partial charge in [0.05, 0.1) is 6.61 Å². The Hall–Kier alpha value is -2.53. The maximum absolute atomic E-state index is 12.6. The largest absolute Gasteiger partial charge is 0.393 e. The van der Waals surface area contributed by atoms with E-state index in [2.05, 4.69) is 0 Å². The summed E-state index contributed by atoms with van der Waals surface area (Å²) in [6.45, 7) is 2.45. The number of amides is 1. The monoisotopic (exact) mass is 438 g/mol. The molecule has 1 amide bonds. The quantitative estimate of drug-likeness (QED) is 0.533. The molecular weight excluding hydrogens is 412 g/mol. The zero-order chi connectivity index (χ0) is 22.5. The number of hydrogen-bond acceptors (Lipinski definition) is 7. The molecule has 1 aromatic heterocycles. The summed E-state index contributed by atoms with van der Waals surface area (Å²) in [6, 6.07) is 9.62. The molecule has 164 valence electrons. The Kier molecular flexibility index (Phi) is 7.54. The predicted molar refractivity (Wildman–Crippen MR) is 111 cm³/mol. The van der Waals surface area contributed by atoms with Crippen molar-refractivity contribution < 1.29 is 28.2 Å². The first-order valence-corrected chi connectivity index (χ1v) is 10.8. The van der Waals surface area contributed by atoms with Crippen molar-refractivity contribution in [3.05, 3.63) is 58.5 Å². The summed E-state index contributed by atoms with van der Waals surface area (Å²) in [5.74, 6) is -0.764. The fourth-order valence-corrected chi connectivity index (χ4v) is 3.87. The Labute approximate surface area is 175 Å². The topological polar surface area (TPSA) is 135 Å². The van der Waals surface area contributed by atoms with E-state index in [1.54, 1.807) is 35.9 Å². The minimum atomic E-state index is -4.57. The van der Waals surface area contributed by atoms with Gasteiger partial charge in [-0.1, -0.05) is 31.2 Å². The number of aliphatic hydroxyl groups is 2. The van der Waals surface area contributed by atoms with Crippen LogP contribution >= 0.6 is 0 Å². The van der Waals surface area contributed by atoms with E-state index < -0.39 is 32.7 Å². The summed E-state index contributed by atoms with van der Waals surface area (Å²) >= 11 is 0. The van der Waals surface area contributed by atoms with E-state index in [1.807, 2.05) is 0 Å². The molecule has 30 heavy (non-hydrogen) atoms. The molecule has 0 aliphatic carbocycles. The Bertz CT molecular complexity index is 1040. The Morgan fingerprint density at radius 2 is 1.87 bits per heavy atom. The molecule has 2 rings (SSSR count). The predicted octanol–water partition coefficient (Wildman–Crippen LogP) is 1.06. The Balaban J connectivity index is 2.34. The van der Waals surface area contributed by atoms with Crippen LogP contribution in [0.15, 0.2) is 47.4 Å². The number of benzene rings is 1. The van der Waals surface area contributed by atoms with E-state index in [4.69, 9.17) is 4.74 Å². The normalized spacial score (nSPS) is 14.7. The van der Waals surface area contributed by atoms with Crippen LogP contribution in [0.3, 0.4) is 0 Å². The summed E-state index contributed by atoms with van der Waals surface area (Å²) in [5.41, 5.74) is 1.17. The van der Waals surface area contributed by atoms with E-state index in [-0.39, 0.29) is 13.0 Å². The molecule has 0 aliphatic rings. The van der Waals surface area contributed by atoms with Gasteiger partial charge in [-0.25, -0.2) is 13.1 Å². The number of pyridine rings is 1. The van der Waals surface area contributed by atoms with Crippen molar-refractivity contribution >= 4 is 15.9 Å². The smallest absolute Gasteiger partial charge is 0.285 e. The van der Waals surface area contributed by atoms with Crippen LogP contribution in [0.1, 0.15) is 38.4 Å². The molecule has 9 nitrogen and oxygen atoms in total. The number of nitrogens with zero attached hydrogens (tertiary/aromatic N) is 1. The van der Waals surface area contributed by atoms with Gasteiger partial charge in [-0.2, -0.15) is 0 Å². The van der Waals surface area contributed by atoms with Gasteiger partial charge in [-0.05, 0) is 29.2 Å². The number of rotatable bonds is 9. The SMILES string of the molecule is CCCC(=O)NS(=O)(=O)C(C)(O)n1ccc(-c2ccc(C(CO)OC)cc2)cc1=O. The molecule has 0 bridgehead atoms. The average molecular weight is 439 g/mol. The summed E-state index contributed by atoms with van der Waals surface area (Å²) < 4.78 is 32.4. The van der Waals surface area contributed by atoms with Crippen LogP contribution in [-0.2, 0) is 24.6 Å². The lowest BCUT2D eigenvalue weighted by atomic mass is 10.0. The fraction of sp³-hybridized carbons (Fsp3) is 0.400. The minimum absolute atomic E-state index is 0.0284. The highest BCUT2D eigenvalue weighted by Crippen LogP contribution is 2.24. The van der Waals surface area contributed by atoms with Gasteiger partial charge in [-0.3, -0.25) is 14.2 Å². The van der Waals surface area contributed by atoms with E-state index in [0.29, 0.717) is 22.1 Å². The number of sulfonamides is 1. The van der Waals surface area contributed by atoms with E-state index in [9.17, 15) is 28.2 Å². The van der Waals surface area contributed by atoms with Crippen molar-refractivity contribution in [2.24, 2.45) is 0 Å². The van der Waals surface area contributed by atoms with Gasteiger partial charge < -0.3 is 14.9 Å². The number of carbonyl (C=O) groups excluding carboxylic acids is 1. The van der Waals surface area contributed by atoms with Crippen molar-refractivity contribution in [3.63, 3.8) is 0 Å². The molecule has 0 spiro atoms. The van der Waals surface area contributed by atoms with Gasteiger partial charge in [0.25, 0.3) is 20.6 Å².